The lowest BCUT2D eigenvalue weighted by atomic mass is 9.63. The maximum Gasteiger partial charge on any atom is 0.328 e. The van der Waals surface area contributed by atoms with Gasteiger partial charge in [0.25, 0.3) is 0 Å². The van der Waals surface area contributed by atoms with Crippen molar-refractivity contribution in [2.24, 2.45) is 11.3 Å². The lowest BCUT2D eigenvalue weighted by molar-refractivity contribution is -0.148. The monoisotopic (exact) mass is 421 g/mol. The molecule has 3 aliphatic rings. The molecule has 0 aromatic heterocycles. The summed E-state index contributed by atoms with van der Waals surface area (Å²) in [5, 5.41) is 4.28. The molecule has 3 atom stereocenters. The molecule has 0 unspecified atom stereocenters. The zero-order chi connectivity index (χ0) is 22.0. The number of Topliss-reactive ketones (excluding diaryl/α,β-unsaturated/α-hetero) is 1. The standard InChI is InChI=1S/C20H21F2N3O5/c1-8-4-11(30-3)7-25-15-10(5-12(9(2)26)13(21)14(15)22)6-20(16(8)25)17(27)23-19(29)24-18(20)28/h5,8,11,16H,4,6-7H2,1-3H3,(H2,23,24,27,28,29)/t8-,11+,16-/m1/s1. The van der Waals surface area contributed by atoms with E-state index in [0.717, 1.165) is 6.92 Å². The Morgan fingerprint density at radius 1 is 1.20 bits per heavy atom. The minimum absolute atomic E-state index is 0.0841. The number of hydrogen-bond donors (Lipinski definition) is 2. The van der Waals surface area contributed by atoms with Crippen molar-refractivity contribution < 1.29 is 32.7 Å². The Balaban J connectivity index is 1.98. The van der Waals surface area contributed by atoms with Crippen LogP contribution in [0, 0.1) is 23.0 Å². The molecule has 2 fully saturated rings. The van der Waals surface area contributed by atoms with E-state index < -0.39 is 52.3 Å². The average Bonchev–Trinajstić information content (AvgIpc) is 2.67. The number of barbiturate groups is 1. The molecule has 160 valence electrons. The number of halogens is 2. The van der Waals surface area contributed by atoms with Gasteiger partial charge in [-0.25, -0.2) is 13.6 Å². The summed E-state index contributed by atoms with van der Waals surface area (Å²) in [5.41, 5.74) is -2.13. The molecular weight excluding hydrogens is 400 g/mol. The van der Waals surface area contributed by atoms with Gasteiger partial charge in [-0.1, -0.05) is 6.92 Å². The van der Waals surface area contributed by atoms with Crippen molar-refractivity contribution in [3.63, 3.8) is 0 Å². The first-order valence-corrected chi connectivity index (χ1v) is 9.60. The number of imide groups is 2. The van der Waals surface area contributed by atoms with Crippen LogP contribution in [0.25, 0.3) is 0 Å². The fraction of sp³-hybridized carbons (Fsp3) is 0.500. The maximum atomic E-state index is 15.2. The van der Waals surface area contributed by atoms with Gasteiger partial charge < -0.3 is 9.64 Å². The van der Waals surface area contributed by atoms with Crippen LogP contribution in [0.3, 0.4) is 0 Å². The number of ketones is 1. The zero-order valence-electron chi connectivity index (χ0n) is 16.7. The first-order valence-electron chi connectivity index (χ1n) is 9.60. The molecule has 3 heterocycles. The Kier molecular flexibility index (Phi) is 4.64. The predicted molar refractivity (Wildman–Crippen MR) is 99.9 cm³/mol. The van der Waals surface area contributed by atoms with Crippen molar-refractivity contribution in [3.05, 3.63) is 28.8 Å². The number of hydrogen-bond acceptors (Lipinski definition) is 6. The van der Waals surface area contributed by atoms with Crippen molar-refractivity contribution in [2.45, 2.75) is 38.8 Å². The Morgan fingerprint density at radius 2 is 1.83 bits per heavy atom. The largest absolute Gasteiger partial charge is 0.380 e. The van der Waals surface area contributed by atoms with Crippen LogP contribution in [-0.4, -0.2) is 49.4 Å². The second-order valence-corrected chi connectivity index (χ2v) is 8.17. The lowest BCUT2D eigenvalue weighted by Crippen LogP contribution is -2.74. The molecule has 4 rings (SSSR count). The zero-order valence-corrected chi connectivity index (χ0v) is 16.7. The number of benzene rings is 1. The third-order valence-corrected chi connectivity index (χ3v) is 6.41. The number of methoxy groups -OCH3 is 1. The summed E-state index contributed by atoms with van der Waals surface area (Å²) < 4.78 is 35.3. The van der Waals surface area contributed by atoms with Crippen LogP contribution in [0.5, 0.6) is 0 Å². The van der Waals surface area contributed by atoms with Gasteiger partial charge in [0.2, 0.25) is 11.8 Å². The van der Waals surface area contributed by atoms with E-state index in [2.05, 4.69) is 10.6 Å². The second-order valence-electron chi connectivity index (χ2n) is 8.17. The molecule has 10 heteroatoms. The number of carbonyl (C=O) groups is 4. The van der Waals surface area contributed by atoms with Gasteiger partial charge in [0.15, 0.2) is 22.8 Å². The van der Waals surface area contributed by atoms with Gasteiger partial charge in [-0.3, -0.25) is 25.0 Å². The molecular formula is C20H21F2N3O5. The number of urea groups is 1. The number of anilines is 1. The van der Waals surface area contributed by atoms with E-state index >= 15 is 4.39 Å². The Hall–Kier alpha value is -2.88. The minimum atomic E-state index is -1.74. The summed E-state index contributed by atoms with van der Waals surface area (Å²) in [5.74, 6) is -5.07. The van der Waals surface area contributed by atoms with Gasteiger partial charge in [-0.15, -0.1) is 0 Å². The van der Waals surface area contributed by atoms with Crippen LogP contribution >= 0.6 is 0 Å². The van der Waals surface area contributed by atoms with Crippen LogP contribution < -0.4 is 15.5 Å². The third-order valence-electron chi connectivity index (χ3n) is 6.41. The number of nitrogens with zero attached hydrogens (tertiary/aromatic N) is 1. The van der Waals surface area contributed by atoms with Gasteiger partial charge >= 0.3 is 6.03 Å². The summed E-state index contributed by atoms with van der Waals surface area (Å²) >= 11 is 0. The molecule has 0 bridgehead atoms. The number of nitrogens with one attached hydrogen (secondary N) is 2. The molecule has 3 aliphatic heterocycles. The summed E-state index contributed by atoms with van der Waals surface area (Å²) in [6.07, 6.45) is -0.127. The van der Waals surface area contributed by atoms with E-state index in [0.29, 0.717) is 6.42 Å². The molecule has 0 aliphatic carbocycles. The van der Waals surface area contributed by atoms with Gasteiger partial charge in [0.1, 0.15) is 0 Å². The van der Waals surface area contributed by atoms with Crippen LogP contribution in [0.1, 0.15) is 36.2 Å². The summed E-state index contributed by atoms with van der Waals surface area (Å²) in [6, 6.07) is -0.575. The van der Waals surface area contributed by atoms with Gasteiger partial charge in [-0.05, 0) is 37.3 Å². The Morgan fingerprint density at radius 3 is 2.40 bits per heavy atom. The Bertz CT molecular complexity index is 975. The van der Waals surface area contributed by atoms with Crippen LogP contribution in [0.4, 0.5) is 19.3 Å². The van der Waals surface area contributed by atoms with E-state index in [1.54, 1.807) is 6.92 Å². The fourth-order valence-electron chi connectivity index (χ4n) is 5.18. The molecule has 1 aromatic carbocycles. The molecule has 8 nitrogen and oxygen atoms in total. The van der Waals surface area contributed by atoms with Gasteiger partial charge in [0, 0.05) is 13.7 Å². The third kappa shape index (κ3) is 2.66. The van der Waals surface area contributed by atoms with Crippen molar-refractivity contribution in [2.75, 3.05) is 18.6 Å². The van der Waals surface area contributed by atoms with E-state index in [1.807, 2.05) is 0 Å². The average molecular weight is 421 g/mol. The number of rotatable bonds is 2. The van der Waals surface area contributed by atoms with Crippen LogP contribution in [-0.2, 0) is 20.7 Å². The molecule has 1 aromatic rings. The van der Waals surface area contributed by atoms with Crippen LogP contribution in [0.15, 0.2) is 6.07 Å². The number of ether oxygens (including phenoxy) is 1. The van der Waals surface area contributed by atoms with E-state index in [4.69, 9.17) is 4.74 Å². The summed E-state index contributed by atoms with van der Waals surface area (Å²) in [4.78, 5) is 51.1. The number of amides is 4. The number of piperidine rings is 1. The highest BCUT2D eigenvalue weighted by Crippen LogP contribution is 2.50. The SMILES string of the molecule is CO[C@H]1C[C@@H](C)[C@H]2N(C1)c1c(cc(C(C)=O)c(F)c1F)CC21C(=O)NC(=O)NC1=O. The lowest BCUT2D eigenvalue weighted by Gasteiger charge is -2.55. The number of carbonyl (C=O) groups excluding carboxylic acids is 4. The second kappa shape index (κ2) is 6.83. The highest BCUT2D eigenvalue weighted by atomic mass is 19.2. The molecule has 1 spiro atoms. The first-order chi connectivity index (χ1) is 14.1. The molecule has 4 amide bonds. The normalized spacial score (nSPS) is 27.3. The van der Waals surface area contributed by atoms with E-state index in [-0.39, 0.29) is 36.2 Å². The number of fused-ring (bicyclic) bond motifs is 4. The molecule has 2 N–H and O–H groups in total. The maximum absolute atomic E-state index is 15.2. The first kappa shape index (κ1) is 20.4. The van der Waals surface area contributed by atoms with Crippen molar-refractivity contribution >= 4 is 29.3 Å². The topological polar surface area (TPSA) is 105 Å². The van der Waals surface area contributed by atoms with Crippen molar-refractivity contribution in [1.82, 2.24) is 10.6 Å². The van der Waals surface area contributed by atoms with Crippen LogP contribution in [0.2, 0.25) is 0 Å². The molecule has 2 saturated heterocycles. The predicted octanol–water partition coefficient (Wildman–Crippen LogP) is 1.31. The summed E-state index contributed by atoms with van der Waals surface area (Å²) in [6.45, 7) is 3.02. The highest BCUT2D eigenvalue weighted by molar-refractivity contribution is 6.20. The van der Waals surface area contributed by atoms with E-state index in [1.165, 1.54) is 18.1 Å². The van der Waals surface area contributed by atoms with Gasteiger partial charge in [0.05, 0.1) is 23.4 Å². The van der Waals surface area contributed by atoms with Crippen molar-refractivity contribution in [3.8, 4) is 0 Å². The molecule has 30 heavy (non-hydrogen) atoms. The summed E-state index contributed by atoms with van der Waals surface area (Å²) in [7, 11) is 1.49. The smallest absolute Gasteiger partial charge is 0.328 e. The molecule has 0 saturated carbocycles. The van der Waals surface area contributed by atoms with Crippen molar-refractivity contribution in [1.29, 1.82) is 0 Å². The quantitative estimate of drug-likeness (QED) is 0.551. The fourth-order valence-corrected chi connectivity index (χ4v) is 5.18. The Labute approximate surface area is 170 Å². The van der Waals surface area contributed by atoms with E-state index in [9.17, 15) is 23.6 Å². The molecule has 0 radical (unpaired) electrons. The van der Waals surface area contributed by atoms with Gasteiger partial charge in [-0.2, -0.15) is 0 Å². The highest BCUT2D eigenvalue weighted by Gasteiger charge is 2.63. The minimum Gasteiger partial charge on any atom is -0.380 e.